The van der Waals surface area contributed by atoms with Gasteiger partial charge in [0.2, 0.25) is 5.91 Å². The Balaban J connectivity index is 0.000000858. The highest BCUT2D eigenvalue weighted by molar-refractivity contribution is 5.79. The molecule has 0 spiro atoms. The van der Waals surface area contributed by atoms with E-state index in [0.29, 0.717) is 19.5 Å². The molecule has 1 aliphatic heterocycles. The summed E-state index contributed by atoms with van der Waals surface area (Å²) < 4.78 is 3.73. The lowest BCUT2D eigenvalue weighted by Gasteiger charge is -2.37. The summed E-state index contributed by atoms with van der Waals surface area (Å²) in [7, 11) is 1.88. The third-order valence-electron chi connectivity index (χ3n) is 5.29. The lowest BCUT2D eigenvalue weighted by molar-refractivity contribution is -0.135. The molecule has 1 atom stereocenters. The summed E-state index contributed by atoms with van der Waals surface area (Å²) in [6.45, 7) is 7.27. The van der Waals surface area contributed by atoms with Crippen LogP contribution in [0.1, 0.15) is 37.0 Å². The first-order valence-corrected chi connectivity index (χ1v) is 10.2. The number of carboxylic acid groups (broad SMARTS) is 1. The molecule has 3 aromatic rings. The minimum Gasteiger partial charge on any atom is -0.483 e. The third kappa shape index (κ3) is 4.82. The minimum absolute atomic E-state index is 0.0804. The SMILES string of the molecule is Cc1nn(C)cc1CC(=O)N1CCn2nc(-c3ccccc3)nc2[C@@H]1C(C)C.O=CO. The fraction of sp³-hybridized carbons (Fsp3) is 0.409. The second-order valence-corrected chi connectivity index (χ2v) is 7.85. The van der Waals surface area contributed by atoms with Crippen LogP contribution >= 0.6 is 0 Å². The topological polar surface area (TPSA) is 106 Å². The normalized spacial score (nSPS) is 15.3. The number of carbonyl (C=O) groups excluding carboxylic acids is 1. The van der Waals surface area contributed by atoms with Crippen LogP contribution in [-0.4, -0.2) is 53.5 Å². The quantitative estimate of drug-likeness (QED) is 0.645. The first kappa shape index (κ1) is 22.2. The summed E-state index contributed by atoms with van der Waals surface area (Å²) in [6.07, 6.45) is 2.29. The summed E-state index contributed by atoms with van der Waals surface area (Å²) in [5.41, 5.74) is 2.88. The number of benzene rings is 1. The highest BCUT2D eigenvalue weighted by Gasteiger charge is 2.36. The molecule has 0 bridgehead atoms. The van der Waals surface area contributed by atoms with Gasteiger partial charge in [-0.3, -0.25) is 14.3 Å². The molecule has 0 saturated carbocycles. The highest BCUT2D eigenvalue weighted by atomic mass is 16.3. The van der Waals surface area contributed by atoms with Crippen molar-refractivity contribution in [2.45, 2.75) is 39.8 Å². The second kappa shape index (κ2) is 9.55. The van der Waals surface area contributed by atoms with Crippen molar-refractivity contribution in [1.29, 1.82) is 0 Å². The minimum atomic E-state index is -0.250. The van der Waals surface area contributed by atoms with Crippen molar-refractivity contribution in [3.8, 4) is 11.4 Å². The number of nitrogens with zero attached hydrogens (tertiary/aromatic N) is 6. The van der Waals surface area contributed by atoms with Crippen LogP contribution < -0.4 is 0 Å². The highest BCUT2D eigenvalue weighted by Crippen LogP contribution is 2.32. The number of rotatable bonds is 4. The van der Waals surface area contributed by atoms with Crippen molar-refractivity contribution in [2.24, 2.45) is 13.0 Å². The maximum atomic E-state index is 13.2. The summed E-state index contributed by atoms with van der Waals surface area (Å²) in [5.74, 6) is 1.95. The molecule has 0 saturated heterocycles. The van der Waals surface area contributed by atoms with Gasteiger partial charge in [0.1, 0.15) is 0 Å². The van der Waals surface area contributed by atoms with Crippen molar-refractivity contribution in [2.75, 3.05) is 6.54 Å². The molecule has 1 N–H and O–H groups in total. The van der Waals surface area contributed by atoms with Gasteiger partial charge in [0, 0.05) is 30.9 Å². The number of aryl methyl sites for hydroxylation is 2. The first-order valence-electron chi connectivity index (χ1n) is 10.2. The first-order chi connectivity index (χ1) is 14.8. The molecule has 1 amide bonds. The van der Waals surface area contributed by atoms with Crippen LogP contribution in [0.15, 0.2) is 36.5 Å². The molecule has 9 nitrogen and oxygen atoms in total. The predicted molar refractivity (Wildman–Crippen MR) is 115 cm³/mol. The van der Waals surface area contributed by atoms with E-state index in [1.165, 1.54) is 0 Å². The Morgan fingerprint density at radius 3 is 2.48 bits per heavy atom. The molecule has 0 fully saturated rings. The standard InChI is InChI=1S/C21H26N6O.CH2O2/c1-14(2)19-21-22-20(16-8-6-5-7-9-16)24-27(21)11-10-26(19)18(28)12-17-13-25(4)23-15(17)3;2-1-3/h5-9,13-14,19H,10-12H2,1-4H3;1H,(H,2,3)/t19-;/m0./s1. The fourth-order valence-corrected chi connectivity index (χ4v) is 3.95. The van der Waals surface area contributed by atoms with E-state index in [9.17, 15) is 4.79 Å². The van der Waals surface area contributed by atoms with Crippen molar-refractivity contribution in [3.63, 3.8) is 0 Å². The number of amides is 1. The Bertz CT molecular complexity index is 1040. The van der Waals surface area contributed by atoms with Gasteiger partial charge in [-0.05, 0) is 12.8 Å². The van der Waals surface area contributed by atoms with Gasteiger partial charge in [-0.2, -0.15) is 10.2 Å². The number of hydrogen-bond acceptors (Lipinski definition) is 5. The van der Waals surface area contributed by atoms with Crippen molar-refractivity contribution >= 4 is 12.4 Å². The number of hydrogen-bond donors (Lipinski definition) is 1. The second-order valence-electron chi connectivity index (χ2n) is 7.85. The average molecular weight is 425 g/mol. The van der Waals surface area contributed by atoms with Crippen LogP contribution in [0.2, 0.25) is 0 Å². The van der Waals surface area contributed by atoms with Gasteiger partial charge in [0.25, 0.3) is 6.47 Å². The van der Waals surface area contributed by atoms with Gasteiger partial charge in [-0.15, -0.1) is 0 Å². The smallest absolute Gasteiger partial charge is 0.290 e. The lowest BCUT2D eigenvalue weighted by atomic mass is 9.99. The molecule has 4 rings (SSSR count). The van der Waals surface area contributed by atoms with Gasteiger partial charge >= 0.3 is 0 Å². The van der Waals surface area contributed by atoms with Crippen molar-refractivity contribution in [1.82, 2.24) is 29.4 Å². The molecule has 0 unspecified atom stereocenters. The zero-order valence-electron chi connectivity index (χ0n) is 18.3. The van der Waals surface area contributed by atoms with Crippen LogP contribution in [0.3, 0.4) is 0 Å². The molecule has 3 heterocycles. The molecule has 0 aliphatic carbocycles. The number of carbonyl (C=O) groups is 2. The molecule has 2 aromatic heterocycles. The van der Waals surface area contributed by atoms with E-state index in [0.717, 1.165) is 28.5 Å². The summed E-state index contributed by atoms with van der Waals surface area (Å²) in [4.78, 5) is 28.3. The van der Waals surface area contributed by atoms with Gasteiger partial charge in [0.05, 0.1) is 24.7 Å². The Labute approximate surface area is 181 Å². The van der Waals surface area contributed by atoms with Crippen molar-refractivity contribution < 1.29 is 14.7 Å². The van der Waals surface area contributed by atoms with Crippen LogP contribution in [0.25, 0.3) is 11.4 Å². The fourth-order valence-electron chi connectivity index (χ4n) is 3.95. The molecule has 9 heteroatoms. The number of aromatic nitrogens is 5. The summed E-state index contributed by atoms with van der Waals surface area (Å²) >= 11 is 0. The largest absolute Gasteiger partial charge is 0.483 e. The Kier molecular flexibility index (Phi) is 6.84. The third-order valence-corrected chi connectivity index (χ3v) is 5.29. The molecule has 164 valence electrons. The van der Waals surface area contributed by atoms with E-state index in [-0.39, 0.29) is 24.3 Å². The molecule has 1 aromatic carbocycles. The van der Waals surface area contributed by atoms with E-state index in [1.54, 1.807) is 4.68 Å². The van der Waals surface area contributed by atoms with Gasteiger partial charge in [0.15, 0.2) is 11.6 Å². The zero-order chi connectivity index (χ0) is 22.5. The van der Waals surface area contributed by atoms with Crippen molar-refractivity contribution in [3.05, 3.63) is 53.6 Å². The van der Waals surface area contributed by atoms with E-state index in [1.807, 2.05) is 60.1 Å². The van der Waals surface area contributed by atoms with Crippen LogP contribution in [-0.2, 0) is 29.6 Å². The number of fused-ring (bicyclic) bond motifs is 1. The molecule has 1 aliphatic rings. The van der Waals surface area contributed by atoms with Gasteiger partial charge in [-0.1, -0.05) is 44.2 Å². The summed E-state index contributed by atoms with van der Waals surface area (Å²) in [6, 6.07) is 9.91. The van der Waals surface area contributed by atoms with E-state index >= 15 is 0 Å². The molecular weight excluding hydrogens is 396 g/mol. The Morgan fingerprint density at radius 2 is 1.90 bits per heavy atom. The van der Waals surface area contributed by atoms with Crippen LogP contribution in [0.4, 0.5) is 0 Å². The lowest BCUT2D eigenvalue weighted by Crippen LogP contribution is -2.45. The van der Waals surface area contributed by atoms with Gasteiger partial charge in [-0.25, -0.2) is 9.67 Å². The maximum absolute atomic E-state index is 13.2. The Hall–Kier alpha value is -3.49. The summed E-state index contributed by atoms with van der Waals surface area (Å²) in [5, 5.41) is 15.9. The Morgan fingerprint density at radius 1 is 1.23 bits per heavy atom. The van der Waals surface area contributed by atoms with Gasteiger partial charge < -0.3 is 10.0 Å². The molecule has 31 heavy (non-hydrogen) atoms. The van der Waals surface area contributed by atoms with E-state index in [2.05, 4.69) is 18.9 Å². The zero-order valence-corrected chi connectivity index (χ0v) is 18.3. The molecular formula is C22H28N6O3. The van der Waals surface area contributed by atoms with E-state index < -0.39 is 0 Å². The van der Waals surface area contributed by atoms with Crippen LogP contribution in [0, 0.1) is 12.8 Å². The maximum Gasteiger partial charge on any atom is 0.290 e. The van der Waals surface area contributed by atoms with E-state index in [4.69, 9.17) is 20.0 Å². The monoisotopic (exact) mass is 424 g/mol. The molecule has 0 radical (unpaired) electrons. The predicted octanol–water partition coefficient (Wildman–Crippen LogP) is 2.47. The average Bonchev–Trinajstić information content (AvgIpc) is 3.30. The van der Waals surface area contributed by atoms with Crippen LogP contribution in [0.5, 0.6) is 0 Å².